The zero-order valence-corrected chi connectivity index (χ0v) is 15.8. The predicted octanol–water partition coefficient (Wildman–Crippen LogP) is 6.84. The summed E-state index contributed by atoms with van der Waals surface area (Å²) in [6.07, 6.45) is 0. The van der Waals surface area contributed by atoms with Crippen molar-refractivity contribution in [2.75, 3.05) is 0 Å². The molecule has 94 valence electrons. The van der Waals surface area contributed by atoms with Crippen LogP contribution in [-0.4, -0.2) is 0 Å². The Hall–Kier alpha value is 0.710. The molecule has 0 heterocycles. The van der Waals surface area contributed by atoms with Crippen molar-refractivity contribution in [1.82, 2.24) is 0 Å². The largest absolute Gasteiger partial charge is 0.0843 e. The maximum atomic E-state index is 6.23. The van der Waals surface area contributed by atoms with Gasteiger partial charge >= 0.3 is 0 Å². The van der Waals surface area contributed by atoms with Crippen LogP contribution in [0.25, 0.3) is 0 Å². The first kappa shape index (κ1) is 15.1. The second kappa shape index (κ2) is 6.44. The van der Waals surface area contributed by atoms with Gasteiger partial charge in [0, 0.05) is 18.1 Å². The van der Waals surface area contributed by atoms with E-state index in [0.717, 1.165) is 15.6 Å². The van der Waals surface area contributed by atoms with Gasteiger partial charge in [0.05, 0.1) is 4.83 Å². The molecule has 0 nitrogen and oxygen atoms in total. The standard InChI is InChI=1S/C13H7Br2Cl2I/c14-7-1-4-12(18)10(5-7)13(15)9-6-8(16)2-3-11(9)17/h1-6,13H. The summed E-state index contributed by atoms with van der Waals surface area (Å²) < 4.78 is 2.22. The van der Waals surface area contributed by atoms with E-state index in [1.165, 1.54) is 3.57 Å². The lowest BCUT2D eigenvalue weighted by atomic mass is 10.0. The molecule has 0 aromatic heterocycles. The van der Waals surface area contributed by atoms with Crippen LogP contribution in [0.2, 0.25) is 10.0 Å². The number of alkyl halides is 1. The molecule has 0 aliphatic carbocycles. The minimum Gasteiger partial charge on any atom is -0.0843 e. The third kappa shape index (κ3) is 3.42. The van der Waals surface area contributed by atoms with Gasteiger partial charge in [-0.25, -0.2) is 0 Å². The molecule has 0 saturated heterocycles. The van der Waals surface area contributed by atoms with Crippen LogP contribution in [0.3, 0.4) is 0 Å². The van der Waals surface area contributed by atoms with Crippen LogP contribution in [0.1, 0.15) is 16.0 Å². The van der Waals surface area contributed by atoms with E-state index in [0.29, 0.717) is 10.0 Å². The zero-order chi connectivity index (χ0) is 13.3. The lowest BCUT2D eigenvalue weighted by Gasteiger charge is -2.15. The fraction of sp³-hybridized carbons (Fsp3) is 0.0769. The third-order valence-electron chi connectivity index (χ3n) is 2.46. The van der Waals surface area contributed by atoms with Crippen LogP contribution in [0.5, 0.6) is 0 Å². The molecule has 2 aromatic carbocycles. The topological polar surface area (TPSA) is 0 Å². The molecule has 1 unspecified atom stereocenters. The molecule has 2 aromatic rings. The summed E-state index contributed by atoms with van der Waals surface area (Å²) >= 11 is 21.8. The summed E-state index contributed by atoms with van der Waals surface area (Å²) in [7, 11) is 0. The highest BCUT2D eigenvalue weighted by atomic mass is 127. The highest BCUT2D eigenvalue weighted by Crippen LogP contribution is 2.39. The highest BCUT2D eigenvalue weighted by molar-refractivity contribution is 14.1. The molecule has 0 aliphatic heterocycles. The van der Waals surface area contributed by atoms with Gasteiger partial charge in [0.15, 0.2) is 0 Å². The number of benzene rings is 2. The van der Waals surface area contributed by atoms with Gasteiger partial charge in [-0.2, -0.15) is 0 Å². The summed E-state index contributed by atoms with van der Waals surface area (Å²) in [6.45, 7) is 0. The molecule has 0 amide bonds. The minimum absolute atomic E-state index is 0.0214. The molecule has 1 atom stereocenters. The fourth-order valence-electron chi connectivity index (χ4n) is 1.59. The van der Waals surface area contributed by atoms with Gasteiger partial charge in [-0.3, -0.25) is 0 Å². The van der Waals surface area contributed by atoms with E-state index in [4.69, 9.17) is 23.2 Å². The first-order chi connectivity index (χ1) is 8.49. The Morgan fingerprint density at radius 2 is 1.72 bits per heavy atom. The van der Waals surface area contributed by atoms with Crippen molar-refractivity contribution in [3.05, 3.63) is 65.6 Å². The Balaban J connectivity index is 2.50. The number of rotatable bonds is 2. The van der Waals surface area contributed by atoms with Gasteiger partial charge in [-0.15, -0.1) is 0 Å². The molecular weight excluding hydrogens is 514 g/mol. The number of hydrogen-bond donors (Lipinski definition) is 0. The molecule has 0 radical (unpaired) electrons. The normalized spacial score (nSPS) is 12.5. The van der Waals surface area contributed by atoms with E-state index in [-0.39, 0.29) is 4.83 Å². The molecular formula is C13H7Br2Cl2I. The summed E-state index contributed by atoms with van der Waals surface area (Å²) in [4.78, 5) is 0.0214. The molecule has 18 heavy (non-hydrogen) atoms. The Labute approximate surface area is 146 Å². The fourth-order valence-corrected chi connectivity index (χ4v) is 4.34. The van der Waals surface area contributed by atoms with Crippen LogP contribution < -0.4 is 0 Å². The Bertz CT molecular complexity index is 536. The maximum absolute atomic E-state index is 6.23. The van der Waals surface area contributed by atoms with Crippen LogP contribution in [-0.2, 0) is 0 Å². The first-order valence-corrected chi connectivity index (χ1v) is 8.57. The Kier molecular flexibility index (Phi) is 5.40. The lowest BCUT2D eigenvalue weighted by Crippen LogP contribution is -1.97. The quantitative estimate of drug-likeness (QED) is 0.300. The lowest BCUT2D eigenvalue weighted by molar-refractivity contribution is 1.16. The minimum atomic E-state index is 0.0214. The van der Waals surface area contributed by atoms with E-state index in [2.05, 4.69) is 66.6 Å². The van der Waals surface area contributed by atoms with Gasteiger partial charge in [0.25, 0.3) is 0 Å². The van der Waals surface area contributed by atoms with Gasteiger partial charge < -0.3 is 0 Å². The Morgan fingerprint density at radius 3 is 2.44 bits per heavy atom. The van der Waals surface area contributed by atoms with E-state index in [9.17, 15) is 0 Å². The van der Waals surface area contributed by atoms with Gasteiger partial charge in [-0.1, -0.05) is 55.1 Å². The van der Waals surface area contributed by atoms with E-state index < -0.39 is 0 Å². The maximum Gasteiger partial charge on any atom is 0.0670 e. The van der Waals surface area contributed by atoms with Crippen LogP contribution >= 0.6 is 77.7 Å². The van der Waals surface area contributed by atoms with Gasteiger partial charge in [0.2, 0.25) is 0 Å². The third-order valence-corrected chi connectivity index (χ3v) is 5.50. The Morgan fingerprint density at radius 1 is 1.00 bits per heavy atom. The monoisotopic (exact) mass is 518 g/mol. The van der Waals surface area contributed by atoms with Crippen LogP contribution in [0.4, 0.5) is 0 Å². The highest BCUT2D eigenvalue weighted by Gasteiger charge is 2.17. The average Bonchev–Trinajstić information content (AvgIpc) is 2.34. The number of hydrogen-bond acceptors (Lipinski definition) is 0. The van der Waals surface area contributed by atoms with Gasteiger partial charge in [0.1, 0.15) is 0 Å². The van der Waals surface area contributed by atoms with Crippen molar-refractivity contribution < 1.29 is 0 Å². The van der Waals surface area contributed by atoms with E-state index in [1.807, 2.05) is 18.2 Å². The summed E-state index contributed by atoms with van der Waals surface area (Å²) in [5.41, 5.74) is 2.13. The van der Waals surface area contributed by atoms with Crippen LogP contribution in [0.15, 0.2) is 40.9 Å². The van der Waals surface area contributed by atoms with Crippen molar-refractivity contribution in [2.24, 2.45) is 0 Å². The summed E-state index contributed by atoms with van der Waals surface area (Å²) in [5, 5.41) is 1.39. The molecule has 2 rings (SSSR count). The second-order valence-electron chi connectivity index (χ2n) is 3.69. The van der Waals surface area contributed by atoms with Crippen molar-refractivity contribution in [2.45, 2.75) is 4.83 Å². The van der Waals surface area contributed by atoms with Crippen molar-refractivity contribution in [3.8, 4) is 0 Å². The van der Waals surface area contributed by atoms with E-state index in [1.54, 1.807) is 6.07 Å². The number of halogens is 5. The smallest absolute Gasteiger partial charge is 0.0670 e. The molecule has 0 saturated carbocycles. The van der Waals surface area contributed by atoms with Crippen molar-refractivity contribution >= 4 is 77.7 Å². The SMILES string of the molecule is Clc1ccc(Cl)c(C(Br)c2cc(Br)ccc2I)c1. The predicted molar refractivity (Wildman–Crippen MR) is 94.1 cm³/mol. The van der Waals surface area contributed by atoms with E-state index >= 15 is 0 Å². The average molecular weight is 521 g/mol. The van der Waals surface area contributed by atoms with Crippen LogP contribution in [0, 0.1) is 3.57 Å². The molecule has 0 fully saturated rings. The zero-order valence-electron chi connectivity index (χ0n) is 8.93. The molecule has 0 spiro atoms. The molecule has 5 heteroatoms. The summed E-state index contributed by atoms with van der Waals surface area (Å²) in [5.74, 6) is 0. The molecule has 0 bridgehead atoms. The first-order valence-electron chi connectivity index (χ1n) is 5.03. The summed E-state index contributed by atoms with van der Waals surface area (Å²) in [6, 6.07) is 11.7. The van der Waals surface area contributed by atoms with Crippen molar-refractivity contribution in [1.29, 1.82) is 0 Å². The van der Waals surface area contributed by atoms with Crippen molar-refractivity contribution in [3.63, 3.8) is 0 Å². The van der Waals surface area contributed by atoms with Gasteiger partial charge in [-0.05, 0) is 70.1 Å². The second-order valence-corrected chi connectivity index (χ2v) is 7.53. The molecule has 0 aliphatic rings. The molecule has 0 N–H and O–H groups in total.